The first-order valence-electron chi connectivity index (χ1n) is 15.3. The van der Waals surface area contributed by atoms with Crippen LogP contribution < -0.4 is 9.64 Å². The molecule has 2 aliphatic carbocycles. The molecule has 1 saturated carbocycles. The standard InChI is InChI=1S/C33H36FN7O2/c1-4-26(42)41-16-15-40(19-23(41)17-35-2)31-25-18-36-29(24-9-5-7-21-10-11-33(12-13-33)27(21)24)28(34)30(25)37-32(38-31)43-20-22-8-6-14-39(22)3/h4-5,7,9,18,22-23H,1,6,8,10-17,19-20H2,3H3/t22-,23-/m0/s1. The average molecular weight is 582 g/mol. The van der Waals surface area contributed by atoms with Gasteiger partial charge in [-0.2, -0.15) is 9.97 Å². The van der Waals surface area contributed by atoms with Gasteiger partial charge in [-0.1, -0.05) is 24.8 Å². The van der Waals surface area contributed by atoms with Crippen LogP contribution in [-0.2, 0) is 16.6 Å². The van der Waals surface area contributed by atoms with Crippen LogP contribution in [0.4, 0.5) is 10.2 Å². The molecule has 1 aromatic carbocycles. The fourth-order valence-electron chi connectivity index (χ4n) is 7.37. The number of nitrogens with zero attached hydrogens (tertiary/aromatic N) is 7. The molecule has 1 amide bonds. The van der Waals surface area contributed by atoms with Gasteiger partial charge in [-0.25, -0.2) is 11.0 Å². The van der Waals surface area contributed by atoms with Crippen LogP contribution in [0, 0.1) is 12.4 Å². The molecule has 2 atom stereocenters. The first kappa shape index (κ1) is 27.7. The highest BCUT2D eigenvalue weighted by molar-refractivity contribution is 5.93. The van der Waals surface area contributed by atoms with E-state index in [1.807, 2.05) is 17.0 Å². The summed E-state index contributed by atoms with van der Waals surface area (Å²) in [6.45, 7) is 13.9. The van der Waals surface area contributed by atoms with Crippen molar-refractivity contribution in [2.24, 2.45) is 0 Å². The number of pyridine rings is 1. The van der Waals surface area contributed by atoms with Gasteiger partial charge in [0.05, 0.1) is 5.39 Å². The Morgan fingerprint density at radius 2 is 2.09 bits per heavy atom. The molecule has 4 heterocycles. The number of ether oxygens (including phenoxy) is 1. The Balaban J connectivity index is 1.31. The van der Waals surface area contributed by atoms with Crippen molar-refractivity contribution >= 4 is 22.6 Å². The van der Waals surface area contributed by atoms with E-state index >= 15 is 4.39 Å². The van der Waals surface area contributed by atoms with Crippen molar-refractivity contribution in [3.8, 4) is 17.3 Å². The van der Waals surface area contributed by atoms with Crippen LogP contribution in [0.3, 0.4) is 0 Å². The van der Waals surface area contributed by atoms with Gasteiger partial charge >= 0.3 is 6.01 Å². The number of benzene rings is 1. The number of carbonyl (C=O) groups is 1. The van der Waals surface area contributed by atoms with Crippen molar-refractivity contribution < 1.29 is 13.9 Å². The summed E-state index contributed by atoms with van der Waals surface area (Å²) in [4.78, 5) is 36.2. The van der Waals surface area contributed by atoms with Gasteiger partial charge in [-0.05, 0) is 74.7 Å². The molecule has 10 heteroatoms. The Hall–Kier alpha value is -4.10. The van der Waals surface area contributed by atoms with Gasteiger partial charge in [0.15, 0.2) is 5.82 Å². The molecular formula is C33H36FN7O2. The number of carbonyl (C=O) groups excluding carboxylic acids is 1. The van der Waals surface area contributed by atoms with Crippen LogP contribution in [-0.4, -0.2) is 89.1 Å². The van der Waals surface area contributed by atoms with Crippen LogP contribution in [0.2, 0.25) is 0 Å². The molecule has 1 spiro atoms. The topological polar surface area (TPSA) is 79.1 Å². The Labute approximate surface area is 251 Å². The normalized spacial score (nSPS) is 22.5. The predicted octanol–water partition coefficient (Wildman–Crippen LogP) is 4.40. The van der Waals surface area contributed by atoms with Crippen LogP contribution >= 0.6 is 0 Å². The van der Waals surface area contributed by atoms with E-state index in [0.717, 1.165) is 50.6 Å². The third kappa shape index (κ3) is 4.80. The lowest BCUT2D eigenvalue weighted by Crippen LogP contribution is -2.56. The van der Waals surface area contributed by atoms with Crippen molar-refractivity contribution in [3.05, 3.63) is 65.4 Å². The number of likely N-dealkylation sites (N-methyl/N-ethyl adjacent to an activating group) is 1. The Morgan fingerprint density at radius 1 is 1.23 bits per heavy atom. The molecule has 43 heavy (non-hydrogen) atoms. The van der Waals surface area contributed by atoms with Crippen molar-refractivity contribution in [3.63, 3.8) is 0 Å². The predicted molar refractivity (Wildman–Crippen MR) is 162 cm³/mol. The van der Waals surface area contributed by atoms with Gasteiger partial charge in [-0.3, -0.25) is 9.78 Å². The number of amides is 1. The highest BCUT2D eigenvalue weighted by Crippen LogP contribution is 2.59. The van der Waals surface area contributed by atoms with E-state index < -0.39 is 5.82 Å². The van der Waals surface area contributed by atoms with Gasteiger partial charge in [0.1, 0.15) is 29.7 Å². The van der Waals surface area contributed by atoms with Gasteiger partial charge in [-0.15, -0.1) is 0 Å². The third-order valence-corrected chi connectivity index (χ3v) is 9.92. The third-order valence-electron chi connectivity index (χ3n) is 9.92. The van der Waals surface area contributed by atoms with E-state index in [2.05, 4.69) is 34.4 Å². The molecule has 0 unspecified atom stereocenters. The molecule has 0 radical (unpaired) electrons. The van der Waals surface area contributed by atoms with Gasteiger partial charge in [0.25, 0.3) is 0 Å². The minimum Gasteiger partial charge on any atom is -0.462 e. The Kier molecular flexibility index (Phi) is 7.01. The maximum absolute atomic E-state index is 16.7. The molecule has 3 aromatic rings. The molecule has 2 aromatic heterocycles. The summed E-state index contributed by atoms with van der Waals surface area (Å²) in [7, 11) is 2.08. The number of aryl methyl sites for hydroxylation is 1. The summed E-state index contributed by atoms with van der Waals surface area (Å²) in [5.41, 5.74) is 4.06. The van der Waals surface area contributed by atoms with Gasteiger partial charge in [0, 0.05) is 37.4 Å². The monoisotopic (exact) mass is 581 g/mol. The highest BCUT2D eigenvalue weighted by Gasteiger charge is 2.50. The zero-order valence-corrected chi connectivity index (χ0v) is 24.6. The second-order valence-corrected chi connectivity index (χ2v) is 12.4. The Bertz CT molecular complexity index is 1650. The summed E-state index contributed by atoms with van der Waals surface area (Å²) in [6.07, 6.45) is 9.50. The molecule has 9 nitrogen and oxygen atoms in total. The van der Waals surface area contributed by atoms with Crippen molar-refractivity contribution in [1.82, 2.24) is 24.8 Å². The zero-order chi connectivity index (χ0) is 29.7. The van der Waals surface area contributed by atoms with E-state index in [9.17, 15) is 4.79 Å². The lowest BCUT2D eigenvalue weighted by Gasteiger charge is -2.39. The van der Waals surface area contributed by atoms with E-state index in [0.29, 0.717) is 43.1 Å². The van der Waals surface area contributed by atoms with Crippen molar-refractivity contribution in [1.29, 1.82) is 0 Å². The molecule has 0 bridgehead atoms. The summed E-state index contributed by atoms with van der Waals surface area (Å²) in [5.74, 6) is -0.166. The van der Waals surface area contributed by atoms with Gasteiger partial charge in [0.2, 0.25) is 12.5 Å². The highest BCUT2D eigenvalue weighted by atomic mass is 19.1. The van der Waals surface area contributed by atoms with Crippen LogP contribution in [0.1, 0.15) is 43.2 Å². The summed E-state index contributed by atoms with van der Waals surface area (Å²) in [5, 5.41) is 0.491. The summed E-state index contributed by atoms with van der Waals surface area (Å²) in [6, 6.07) is 6.17. The maximum atomic E-state index is 16.7. The van der Waals surface area contributed by atoms with E-state index in [1.54, 1.807) is 11.1 Å². The zero-order valence-electron chi connectivity index (χ0n) is 24.6. The first-order valence-corrected chi connectivity index (χ1v) is 15.3. The van der Waals surface area contributed by atoms with Gasteiger partial charge < -0.3 is 24.3 Å². The minimum atomic E-state index is -0.474. The second kappa shape index (κ2) is 10.9. The largest absolute Gasteiger partial charge is 0.462 e. The fourth-order valence-corrected chi connectivity index (χ4v) is 7.37. The SMILES string of the molecule is [C-]#[N+]C[C@H]1CN(c2nc(OC[C@@H]3CCCN3C)nc3c(F)c(-c4cccc5c4C4(CC5)CC4)ncc23)CCN1C(=O)C=C. The minimum absolute atomic E-state index is 0.127. The number of rotatable bonds is 7. The molecule has 7 rings (SSSR count). The van der Waals surface area contributed by atoms with Crippen LogP contribution in [0.25, 0.3) is 27.0 Å². The smallest absolute Gasteiger partial charge is 0.319 e. The van der Waals surface area contributed by atoms with E-state index in [1.165, 1.54) is 17.2 Å². The molecular weight excluding hydrogens is 545 g/mol. The molecule has 4 aliphatic rings. The second-order valence-electron chi connectivity index (χ2n) is 12.4. The Morgan fingerprint density at radius 3 is 2.84 bits per heavy atom. The number of piperazine rings is 1. The van der Waals surface area contributed by atoms with Crippen molar-refractivity contribution in [2.75, 3.05) is 51.3 Å². The fraction of sp³-hybridized carbons (Fsp3) is 0.485. The number of likely N-dealkylation sites (tertiary alicyclic amines) is 1. The molecule has 3 fully saturated rings. The van der Waals surface area contributed by atoms with Crippen LogP contribution in [0.5, 0.6) is 6.01 Å². The summed E-state index contributed by atoms with van der Waals surface area (Å²) < 4.78 is 22.9. The molecule has 2 aliphatic heterocycles. The number of anilines is 1. The average Bonchev–Trinajstić information content (AvgIpc) is 3.55. The molecule has 222 valence electrons. The lowest BCUT2D eigenvalue weighted by molar-refractivity contribution is -0.128. The van der Waals surface area contributed by atoms with Crippen LogP contribution in [0.15, 0.2) is 37.1 Å². The number of aromatic nitrogens is 3. The van der Waals surface area contributed by atoms with Crippen molar-refractivity contribution in [2.45, 2.75) is 56.0 Å². The number of halogens is 1. The van der Waals surface area contributed by atoms with E-state index in [4.69, 9.17) is 21.3 Å². The quantitative estimate of drug-likeness (QED) is 0.302. The first-order chi connectivity index (χ1) is 20.9. The molecule has 2 saturated heterocycles. The lowest BCUT2D eigenvalue weighted by atomic mass is 9.91. The number of hydrogen-bond acceptors (Lipinski definition) is 7. The van der Waals surface area contributed by atoms with E-state index in [-0.39, 0.29) is 41.5 Å². The molecule has 0 N–H and O–H groups in total. The summed E-state index contributed by atoms with van der Waals surface area (Å²) >= 11 is 0. The number of hydrogen-bond donors (Lipinski definition) is 0. The number of fused-ring (bicyclic) bond motifs is 3. The maximum Gasteiger partial charge on any atom is 0.319 e.